The first-order valence-corrected chi connectivity index (χ1v) is 9.01. The average Bonchev–Trinajstić information content (AvgIpc) is 3.25. The molecule has 0 aromatic heterocycles. The molecule has 0 bridgehead atoms. The Kier molecular flexibility index (Phi) is 3.13. The van der Waals surface area contributed by atoms with Gasteiger partial charge in [0.15, 0.2) is 0 Å². The Morgan fingerprint density at radius 2 is 1.79 bits per heavy atom. The quantitative estimate of drug-likeness (QED) is 0.739. The molecule has 0 saturated carbocycles. The van der Waals surface area contributed by atoms with Crippen molar-refractivity contribution in [3.63, 3.8) is 0 Å². The molecule has 5 nitrogen and oxygen atoms in total. The maximum absolute atomic E-state index is 13.3. The summed E-state index contributed by atoms with van der Waals surface area (Å²) in [5.74, 6) is -0.346. The highest BCUT2D eigenvalue weighted by atomic mass is 16.5. The number of benzene rings is 1. The third-order valence-electron chi connectivity index (χ3n) is 6.59. The molecule has 1 aromatic carbocycles. The van der Waals surface area contributed by atoms with E-state index in [1.807, 2.05) is 30.3 Å². The maximum atomic E-state index is 13.3. The second kappa shape index (κ2) is 5.14. The number of carbonyl (C=O) groups excluding carboxylic acids is 2. The molecule has 1 spiro atoms. The molecular formula is C19H22N2O3. The Hall–Kier alpha value is -1.72. The average molecular weight is 326 g/mol. The van der Waals surface area contributed by atoms with Crippen LogP contribution in [0.5, 0.6) is 0 Å². The summed E-state index contributed by atoms with van der Waals surface area (Å²) in [5.41, 5.74) is 0.550. The molecule has 0 aliphatic carbocycles. The van der Waals surface area contributed by atoms with Crippen LogP contribution in [-0.4, -0.2) is 48.1 Å². The Morgan fingerprint density at radius 3 is 2.54 bits per heavy atom. The molecular weight excluding hydrogens is 304 g/mol. The zero-order valence-electron chi connectivity index (χ0n) is 13.7. The second-order valence-electron chi connectivity index (χ2n) is 7.47. The lowest BCUT2D eigenvalue weighted by atomic mass is 9.74. The minimum absolute atomic E-state index is 0.00694. The molecule has 4 aliphatic rings. The Balaban J connectivity index is 1.60. The van der Waals surface area contributed by atoms with Gasteiger partial charge < -0.3 is 4.74 Å². The summed E-state index contributed by atoms with van der Waals surface area (Å²) in [6.07, 6.45) is 3.90. The molecule has 0 unspecified atom stereocenters. The Labute approximate surface area is 141 Å². The van der Waals surface area contributed by atoms with E-state index in [0.29, 0.717) is 18.9 Å². The van der Waals surface area contributed by atoms with Crippen LogP contribution in [0.2, 0.25) is 0 Å². The summed E-state index contributed by atoms with van der Waals surface area (Å²) in [5, 5.41) is 0. The van der Waals surface area contributed by atoms with Gasteiger partial charge in [0, 0.05) is 24.8 Å². The van der Waals surface area contributed by atoms with E-state index in [0.717, 1.165) is 32.2 Å². The zero-order valence-corrected chi connectivity index (χ0v) is 13.7. The number of imide groups is 1. The van der Waals surface area contributed by atoms with Crippen molar-refractivity contribution in [2.45, 2.75) is 37.3 Å². The highest BCUT2D eigenvalue weighted by molar-refractivity contribution is 6.23. The summed E-state index contributed by atoms with van der Waals surface area (Å²) >= 11 is 0. The van der Waals surface area contributed by atoms with Crippen LogP contribution in [0.15, 0.2) is 30.3 Å². The molecule has 3 atom stereocenters. The lowest BCUT2D eigenvalue weighted by Gasteiger charge is -2.44. The van der Waals surface area contributed by atoms with E-state index in [-0.39, 0.29) is 35.2 Å². The number of hydrogen-bond donors (Lipinski definition) is 0. The van der Waals surface area contributed by atoms with E-state index in [1.54, 1.807) is 0 Å². The minimum Gasteiger partial charge on any atom is -0.381 e. The van der Waals surface area contributed by atoms with Crippen LogP contribution in [0.4, 0.5) is 5.69 Å². The van der Waals surface area contributed by atoms with Gasteiger partial charge in [0.1, 0.15) is 0 Å². The van der Waals surface area contributed by atoms with Crippen LogP contribution >= 0.6 is 0 Å². The van der Waals surface area contributed by atoms with Crippen LogP contribution in [0, 0.1) is 11.8 Å². The van der Waals surface area contributed by atoms with Crippen molar-refractivity contribution < 1.29 is 14.3 Å². The van der Waals surface area contributed by atoms with Crippen LogP contribution in [-0.2, 0) is 14.3 Å². The molecule has 5 heteroatoms. The fourth-order valence-electron chi connectivity index (χ4n) is 5.70. The fraction of sp³-hybridized carbons (Fsp3) is 0.579. The number of amides is 2. The molecule has 4 saturated heterocycles. The van der Waals surface area contributed by atoms with Crippen molar-refractivity contribution in [1.29, 1.82) is 0 Å². The Morgan fingerprint density at radius 1 is 1.04 bits per heavy atom. The molecule has 24 heavy (non-hydrogen) atoms. The lowest BCUT2D eigenvalue weighted by Crippen LogP contribution is -2.55. The molecule has 126 valence electrons. The SMILES string of the molecule is O=C1[C@H]2[C@H]3CCCN3C3(CCOCC3)[C@@H]2C(=O)N1c1ccccc1. The van der Waals surface area contributed by atoms with Gasteiger partial charge in [0.05, 0.1) is 17.5 Å². The predicted octanol–water partition coefficient (Wildman–Crippen LogP) is 1.82. The first kappa shape index (κ1) is 14.6. The summed E-state index contributed by atoms with van der Waals surface area (Å²) in [6.45, 7) is 2.40. The number of carbonyl (C=O) groups is 2. The van der Waals surface area contributed by atoms with E-state index in [1.165, 1.54) is 4.90 Å². The minimum atomic E-state index is -0.195. The smallest absolute Gasteiger partial charge is 0.239 e. The fourth-order valence-corrected chi connectivity index (χ4v) is 5.70. The van der Waals surface area contributed by atoms with E-state index >= 15 is 0 Å². The highest BCUT2D eigenvalue weighted by Gasteiger charge is 2.69. The summed E-state index contributed by atoms with van der Waals surface area (Å²) in [6, 6.07) is 9.64. The van der Waals surface area contributed by atoms with Crippen molar-refractivity contribution in [2.75, 3.05) is 24.7 Å². The van der Waals surface area contributed by atoms with Gasteiger partial charge in [-0.1, -0.05) is 18.2 Å². The Bertz CT molecular complexity index is 683. The van der Waals surface area contributed by atoms with E-state index < -0.39 is 0 Å². The number of para-hydroxylation sites is 1. The number of rotatable bonds is 1. The van der Waals surface area contributed by atoms with E-state index in [2.05, 4.69) is 4.90 Å². The molecule has 4 fully saturated rings. The van der Waals surface area contributed by atoms with Crippen LogP contribution < -0.4 is 4.90 Å². The molecule has 5 rings (SSSR count). The zero-order chi connectivity index (χ0) is 16.3. The van der Waals surface area contributed by atoms with Crippen LogP contribution in [0.25, 0.3) is 0 Å². The molecule has 0 N–H and O–H groups in total. The predicted molar refractivity (Wildman–Crippen MR) is 88.4 cm³/mol. The van der Waals surface area contributed by atoms with Crippen molar-refractivity contribution in [3.05, 3.63) is 30.3 Å². The number of anilines is 1. The second-order valence-corrected chi connectivity index (χ2v) is 7.47. The normalized spacial score (nSPS) is 34.8. The number of hydrogen-bond acceptors (Lipinski definition) is 4. The third-order valence-corrected chi connectivity index (χ3v) is 6.59. The molecule has 4 heterocycles. The van der Waals surface area contributed by atoms with E-state index in [4.69, 9.17) is 4.74 Å². The molecule has 2 amide bonds. The van der Waals surface area contributed by atoms with Gasteiger partial charge in [0.25, 0.3) is 0 Å². The van der Waals surface area contributed by atoms with Gasteiger partial charge >= 0.3 is 0 Å². The summed E-state index contributed by atoms with van der Waals surface area (Å²) < 4.78 is 5.59. The van der Waals surface area contributed by atoms with Gasteiger partial charge in [-0.2, -0.15) is 0 Å². The lowest BCUT2D eigenvalue weighted by molar-refractivity contribution is -0.127. The molecule has 0 radical (unpaired) electrons. The van der Waals surface area contributed by atoms with Crippen LogP contribution in [0.3, 0.4) is 0 Å². The third kappa shape index (κ3) is 1.72. The van der Waals surface area contributed by atoms with Gasteiger partial charge in [-0.3, -0.25) is 14.5 Å². The monoisotopic (exact) mass is 326 g/mol. The highest BCUT2D eigenvalue weighted by Crippen LogP contribution is 2.56. The first-order chi connectivity index (χ1) is 11.7. The largest absolute Gasteiger partial charge is 0.381 e. The van der Waals surface area contributed by atoms with Gasteiger partial charge in [-0.05, 0) is 44.4 Å². The summed E-state index contributed by atoms with van der Waals surface area (Å²) in [4.78, 5) is 30.5. The standard InChI is InChI=1S/C19H22N2O3/c22-17-15-14-7-4-10-20(14)19(8-11-24-12-9-19)16(15)18(23)21(17)13-5-2-1-3-6-13/h1-3,5-6,14-16H,4,7-12H2/t14-,15+,16+/m1/s1. The number of ether oxygens (including phenoxy) is 1. The van der Waals surface area contributed by atoms with E-state index in [9.17, 15) is 9.59 Å². The molecule has 4 aliphatic heterocycles. The van der Waals surface area contributed by atoms with Crippen molar-refractivity contribution >= 4 is 17.5 Å². The van der Waals surface area contributed by atoms with Crippen LogP contribution in [0.1, 0.15) is 25.7 Å². The van der Waals surface area contributed by atoms with Crippen molar-refractivity contribution in [3.8, 4) is 0 Å². The topological polar surface area (TPSA) is 49.9 Å². The van der Waals surface area contributed by atoms with Crippen molar-refractivity contribution in [1.82, 2.24) is 4.90 Å². The molecule has 1 aromatic rings. The number of fused-ring (bicyclic) bond motifs is 5. The van der Waals surface area contributed by atoms with Gasteiger partial charge in [-0.25, -0.2) is 4.90 Å². The maximum Gasteiger partial charge on any atom is 0.239 e. The van der Waals surface area contributed by atoms with Crippen molar-refractivity contribution in [2.24, 2.45) is 11.8 Å². The van der Waals surface area contributed by atoms with Gasteiger partial charge in [0.2, 0.25) is 11.8 Å². The van der Waals surface area contributed by atoms with Gasteiger partial charge in [-0.15, -0.1) is 0 Å². The first-order valence-electron chi connectivity index (χ1n) is 9.01. The summed E-state index contributed by atoms with van der Waals surface area (Å²) in [7, 11) is 0. The number of nitrogens with zero attached hydrogens (tertiary/aromatic N) is 2.